The molecule has 1 aliphatic rings. The average Bonchev–Trinajstić information content (AvgIpc) is 3.29. The van der Waals surface area contributed by atoms with E-state index in [1.54, 1.807) is 23.5 Å². The highest BCUT2D eigenvalue weighted by Crippen LogP contribution is 2.27. The number of amides is 1. The molecule has 30 heavy (non-hydrogen) atoms. The van der Waals surface area contributed by atoms with Crippen LogP contribution in [-0.4, -0.2) is 27.5 Å². The third-order valence-corrected chi connectivity index (χ3v) is 6.26. The van der Waals surface area contributed by atoms with Crippen LogP contribution in [0, 0.1) is 6.92 Å². The van der Waals surface area contributed by atoms with Crippen molar-refractivity contribution in [2.75, 3.05) is 5.73 Å². The van der Waals surface area contributed by atoms with Crippen LogP contribution in [-0.2, 0) is 0 Å². The normalized spacial score (nSPS) is 13.5. The molecule has 0 radical (unpaired) electrons. The molecule has 1 amide bonds. The number of carbonyl (C=O) groups excluding carboxylic acids is 2. The SMILES string of the molecule is Cc1ccc(C(=O)NC2CC2)cc1-n1ncc(C(=O)c2ccc3ccsc3c2)c1N. The lowest BCUT2D eigenvalue weighted by atomic mass is 10.0. The Morgan fingerprint density at radius 2 is 1.93 bits per heavy atom. The largest absolute Gasteiger partial charge is 0.383 e. The van der Waals surface area contributed by atoms with Crippen LogP contribution in [0.25, 0.3) is 15.8 Å². The summed E-state index contributed by atoms with van der Waals surface area (Å²) in [5.41, 5.74) is 9.40. The first-order valence-electron chi connectivity index (χ1n) is 9.78. The summed E-state index contributed by atoms with van der Waals surface area (Å²) in [4.78, 5) is 25.5. The summed E-state index contributed by atoms with van der Waals surface area (Å²) >= 11 is 1.59. The van der Waals surface area contributed by atoms with Crippen molar-refractivity contribution in [2.24, 2.45) is 0 Å². The Balaban J connectivity index is 1.49. The molecule has 1 saturated carbocycles. The van der Waals surface area contributed by atoms with Crippen LogP contribution in [0.4, 0.5) is 5.82 Å². The van der Waals surface area contributed by atoms with E-state index < -0.39 is 0 Å². The quantitative estimate of drug-likeness (QED) is 0.479. The molecule has 7 heteroatoms. The molecule has 0 saturated heterocycles. The second-order valence-electron chi connectivity index (χ2n) is 7.61. The predicted molar refractivity (Wildman–Crippen MR) is 118 cm³/mol. The van der Waals surface area contributed by atoms with Crippen molar-refractivity contribution in [3.05, 3.63) is 76.3 Å². The van der Waals surface area contributed by atoms with Gasteiger partial charge in [0.15, 0.2) is 5.78 Å². The smallest absolute Gasteiger partial charge is 0.251 e. The van der Waals surface area contributed by atoms with Crippen molar-refractivity contribution in [1.29, 1.82) is 0 Å². The number of carbonyl (C=O) groups is 2. The fourth-order valence-electron chi connectivity index (χ4n) is 3.45. The maximum atomic E-state index is 13.1. The first-order valence-corrected chi connectivity index (χ1v) is 10.7. The lowest BCUT2D eigenvalue weighted by molar-refractivity contribution is 0.0950. The molecule has 0 unspecified atom stereocenters. The zero-order valence-electron chi connectivity index (χ0n) is 16.4. The van der Waals surface area contributed by atoms with E-state index in [9.17, 15) is 9.59 Å². The van der Waals surface area contributed by atoms with Gasteiger partial charge in [0.2, 0.25) is 0 Å². The Labute approximate surface area is 177 Å². The number of hydrogen-bond donors (Lipinski definition) is 2. The molecule has 5 rings (SSSR count). The number of aryl methyl sites for hydroxylation is 1. The number of anilines is 1. The number of nitrogens with two attached hydrogens (primary N) is 1. The number of benzene rings is 2. The van der Waals surface area contributed by atoms with Crippen LogP contribution >= 0.6 is 11.3 Å². The number of nitrogen functional groups attached to an aromatic ring is 1. The van der Waals surface area contributed by atoms with Crippen molar-refractivity contribution in [1.82, 2.24) is 15.1 Å². The standard InChI is InChI=1S/C23H20N4O2S/c1-13-2-3-16(23(29)26-17-6-7-17)10-19(13)27-22(24)18(12-25-27)21(28)15-5-4-14-8-9-30-20(14)11-15/h2-5,8-12,17H,6-7,24H2,1H3,(H,26,29). The molecule has 1 aliphatic carbocycles. The lowest BCUT2D eigenvalue weighted by Gasteiger charge is -2.11. The van der Waals surface area contributed by atoms with E-state index in [0.717, 1.165) is 28.5 Å². The van der Waals surface area contributed by atoms with Gasteiger partial charge in [0.05, 0.1) is 17.4 Å². The molecule has 0 atom stereocenters. The number of nitrogens with zero attached hydrogens (tertiary/aromatic N) is 2. The Morgan fingerprint density at radius 3 is 2.73 bits per heavy atom. The first-order chi connectivity index (χ1) is 14.5. The molecule has 0 bridgehead atoms. The average molecular weight is 417 g/mol. The van der Waals surface area contributed by atoms with Gasteiger partial charge < -0.3 is 11.1 Å². The molecule has 3 N–H and O–H groups in total. The van der Waals surface area contributed by atoms with Gasteiger partial charge in [-0.25, -0.2) is 4.68 Å². The third-order valence-electron chi connectivity index (χ3n) is 5.38. The summed E-state index contributed by atoms with van der Waals surface area (Å²) in [6, 6.07) is 13.4. The lowest BCUT2D eigenvalue weighted by Crippen LogP contribution is -2.25. The molecule has 0 spiro atoms. The molecule has 0 aliphatic heterocycles. The van der Waals surface area contributed by atoms with Crippen LogP contribution in [0.2, 0.25) is 0 Å². The second kappa shape index (κ2) is 7.11. The van der Waals surface area contributed by atoms with Gasteiger partial charge in [-0.05, 0) is 60.4 Å². The Bertz CT molecular complexity index is 1300. The van der Waals surface area contributed by atoms with Gasteiger partial charge >= 0.3 is 0 Å². The molecular formula is C23H20N4O2S. The first kappa shape index (κ1) is 18.6. The summed E-state index contributed by atoms with van der Waals surface area (Å²) in [5, 5.41) is 10.5. The minimum atomic E-state index is -0.172. The Kier molecular flexibility index (Phi) is 4.40. The van der Waals surface area contributed by atoms with Crippen molar-refractivity contribution in [2.45, 2.75) is 25.8 Å². The van der Waals surface area contributed by atoms with E-state index in [4.69, 9.17) is 5.73 Å². The highest BCUT2D eigenvalue weighted by Gasteiger charge is 2.24. The Morgan fingerprint density at radius 1 is 1.13 bits per heavy atom. The second-order valence-corrected chi connectivity index (χ2v) is 8.55. The molecule has 4 aromatic rings. The van der Waals surface area contributed by atoms with Crippen LogP contribution in [0.3, 0.4) is 0 Å². The number of rotatable bonds is 5. The summed E-state index contributed by atoms with van der Waals surface area (Å²) in [7, 11) is 0. The van der Waals surface area contributed by atoms with Gasteiger partial charge in [-0.2, -0.15) is 5.10 Å². The minimum Gasteiger partial charge on any atom is -0.383 e. The summed E-state index contributed by atoms with van der Waals surface area (Å²) in [6.07, 6.45) is 3.55. The van der Waals surface area contributed by atoms with Gasteiger partial charge in [0, 0.05) is 21.9 Å². The fraction of sp³-hybridized carbons (Fsp3) is 0.174. The van der Waals surface area contributed by atoms with Gasteiger partial charge in [0.1, 0.15) is 5.82 Å². The molecular weight excluding hydrogens is 396 g/mol. The third kappa shape index (κ3) is 3.27. The number of ketones is 1. The summed E-state index contributed by atoms with van der Waals surface area (Å²) < 4.78 is 2.58. The van der Waals surface area contributed by atoms with E-state index in [1.165, 1.54) is 10.9 Å². The highest BCUT2D eigenvalue weighted by molar-refractivity contribution is 7.17. The van der Waals surface area contributed by atoms with Crippen molar-refractivity contribution in [3.63, 3.8) is 0 Å². The van der Waals surface area contributed by atoms with E-state index in [0.29, 0.717) is 22.4 Å². The number of hydrogen-bond acceptors (Lipinski definition) is 5. The topological polar surface area (TPSA) is 90.0 Å². The zero-order valence-corrected chi connectivity index (χ0v) is 17.2. The molecule has 2 heterocycles. The maximum Gasteiger partial charge on any atom is 0.251 e. The number of aromatic nitrogens is 2. The highest BCUT2D eigenvalue weighted by atomic mass is 32.1. The van der Waals surface area contributed by atoms with E-state index in [2.05, 4.69) is 10.4 Å². The van der Waals surface area contributed by atoms with Crippen LogP contribution < -0.4 is 11.1 Å². The van der Waals surface area contributed by atoms with E-state index in [1.807, 2.05) is 42.6 Å². The zero-order chi connectivity index (χ0) is 20.8. The maximum absolute atomic E-state index is 13.1. The van der Waals surface area contributed by atoms with Crippen molar-refractivity contribution in [3.8, 4) is 5.69 Å². The summed E-state index contributed by atoms with van der Waals surface area (Å²) in [5.74, 6) is -0.0199. The molecule has 2 aromatic carbocycles. The monoisotopic (exact) mass is 416 g/mol. The molecule has 6 nitrogen and oxygen atoms in total. The molecule has 150 valence electrons. The molecule has 2 aromatic heterocycles. The fourth-order valence-corrected chi connectivity index (χ4v) is 4.28. The van der Waals surface area contributed by atoms with Crippen LogP contribution in [0.15, 0.2) is 54.0 Å². The Hall–Kier alpha value is -3.45. The van der Waals surface area contributed by atoms with Crippen molar-refractivity contribution < 1.29 is 9.59 Å². The van der Waals surface area contributed by atoms with Gasteiger partial charge in [-0.15, -0.1) is 11.3 Å². The number of fused-ring (bicyclic) bond motifs is 1. The van der Waals surface area contributed by atoms with Gasteiger partial charge in [-0.3, -0.25) is 9.59 Å². The van der Waals surface area contributed by atoms with Gasteiger partial charge in [0.25, 0.3) is 5.91 Å². The van der Waals surface area contributed by atoms with Crippen molar-refractivity contribution >= 4 is 38.9 Å². The number of nitrogens with one attached hydrogen (secondary N) is 1. The minimum absolute atomic E-state index is 0.106. The van der Waals surface area contributed by atoms with Gasteiger partial charge in [-0.1, -0.05) is 18.2 Å². The molecule has 1 fully saturated rings. The van der Waals surface area contributed by atoms with E-state index in [-0.39, 0.29) is 23.6 Å². The predicted octanol–water partition coefficient (Wildman–Crippen LogP) is 4.10. The van der Waals surface area contributed by atoms with E-state index >= 15 is 0 Å². The van der Waals surface area contributed by atoms with Crippen LogP contribution in [0.1, 0.15) is 44.7 Å². The van der Waals surface area contributed by atoms with Crippen LogP contribution in [0.5, 0.6) is 0 Å². The summed E-state index contributed by atoms with van der Waals surface area (Å²) in [6.45, 7) is 1.92. The number of thiophene rings is 1.